The van der Waals surface area contributed by atoms with Crippen LogP contribution in [0.3, 0.4) is 0 Å². The van der Waals surface area contributed by atoms with E-state index in [4.69, 9.17) is 16.3 Å². The summed E-state index contributed by atoms with van der Waals surface area (Å²) in [4.78, 5) is 17.4. The van der Waals surface area contributed by atoms with E-state index in [9.17, 15) is 9.90 Å². The van der Waals surface area contributed by atoms with E-state index in [0.717, 1.165) is 49.7 Å². The van der Waals surface area contributed by atoms with E-state index in [1.54, 1.807) is 0 Å². The number of ether oxygens (including phenoxy) is 1. The van der Waals surface area contributed by atoms with Crippen LogP contribution in [-0.2, 0) is 11.3 Å². The zero-order valence-corrected chi connectivity index (χ0v) is 17.9. The van der Waals surface area contributed by atoms with Crippen molar-refractivity contribution in [3.05, 3.63) is 28.8 Å². The Morgan fingerprint density at radius 1 is 1.25 bits per heavy atom. The normalized spacial score (nSPS) is 22.1. The summed E-state index contributed by atoms with van der Waals surface area (Å²) in [7, 11) is 0. The van der Waals surface area contributed by atoms with E-state index < -0.39 is 6.09 Å². The average Bonchev–Trinajstić information content (AvgIpc) is 2.65. The zero-order valence-electron chi connectivity index (χ0n) is 17.1. The molecule has 0 spiro atoms. The number of anilines is 1. The van der Waals surface area contributed by atoms with Crippen LogP contribution in [0.15, 0.2) is 18.2 Å². The van der Waals surface area contributed by atoms with Crippen LogP contribution in [0.25, 0.3) is 0 Å². The summed E-state index contributed by atoms with van der Waals surface area (Å²) in [5, 5.41) is 9.98. The van der Waals surface area contributed by atoms with Gasteiger partial charge < -0.3 is 19.6 Å². The third-order valence-corrected chi connectivity index (χ3v) is 6.00. The summed E-state index contributed by atoms with van der Waals surface area (Å²) in [5.74, 6) is 0. The predicted molar refractivity (Wildman–Crippen MR) is 112 cm³/mol. The molecule has 2 saturated heterocycles. The molecule has 2 heterocycles. The minimum Gasteiger partial charge on any atom is -0.465 e. The number of hydrogen-bond donors (Lipinski definition) is 1. The molecule has 0 radical (unpaired) electrons. The summed E-state index contributed by atoms with van der Waals surface area (Å²) in [6, 6.07) is 6.47. The van der Waals surface area contributed by atoms with Crippen LogP contribution in [0.5, 0.6) is 0 Å². The van der Waals surface area contributed by atoms with E-state index in [1.807, 2.05) is 6.07 Å². The van der Waals surface area contributed by atoms with E-state index in [-0.39, 0.29) is 12.1 Å². The number of hydrogen-bond acceptors (Lipinski definition) is 4. The summed E-state index contributed by atoms with van der Waals surface area (Å²) >= 11 is 6.52. The van der Waals surface area contributed by atoms with Crippen molar-refractivity contribution in [1.29, 1.82) is 0 Å². The molecule has 156 valence electrons. The molecular weight excluding hydrogens is 378 g/mol. The summed E-state index contributed by atoms with van der Waals surface area (Å²) in [6.45, 7) is 10.8. The van der Waals surface area contributed by atoms with Crippen LogP contribution in [-0.4, -0.2) is 72.0 Å². The Kier molecular flexibility index (Phi) is 7.07. The van der Waals surface area contributed by atoms with Crippen molar-refractivity contribution in [2.75, 3.05) is 37.6 Å². The molecule has 1 N–H and O–H groups in total. The van der Waals surface area contributed by atoms with E-state index >= 15 is 0 Å². The minimum atomic E-state index is -0.829. The maximum Gasteiger partial charge on any atom is 0.407 e. The molecule has 1 amide bonds. The quantitative estimate of drug-likeness (QED) is 0.798. The highest BCUT2D eigenvalue weighted by atomic mass is 35.5. The van der Waals surface area contributed by atoms with Crippen molar-refractivity contribution < 1.29 is 14.6 Å². The summed E-state index contributed by atoms with van der Waals surface area (Å²) < 4.78 is 5.96. The molecule has 3 rings (SSSR count). The van der Waals surface area contributed by atoms with Gasteiger partial charge in [-0.05, 0) is 51.3 Å². The zero-order chi connectivity index (χ0) is 20.3. The molecule has 1 aromatic carbocycles. The Bertz CT molecular complexity index is 677. The van der Waals surface area contributed by atoms with E-state index in [1.165, 1.54) is 10.5 Å². The average molecular weight is 410 g/mol. The number of rotatable bonds is 5. The van der Waals surface area contributed by atoms with Gasteiger partial charge in [-0.3, -0.25) is 4.90 Å². The Balaban J connectivity index is 1.62. The molecule has 0 saturated carbocycles. The fraction of sp³-hybridized carbons (Fsp3) is 0.667. The van der Waals surface area contributed by atoms with Gasteiger partial charge in [-0.25, -0.2) is 4.79 Å². The van der Waals surface area contributed by atoms with Gasteiger partial charge in [0.05, 0.1) is 22.9 Å². The predicted octanol–water partition coefficient (Wildman–Crippen LogP) is 3.92. The summed E-state index contributed by atoms with van der Waals surface area (Å²) in [5.41, 5.74) is 2.31. The highest BCUT2D eigenvalue weighted by Gasteiger charge is 2.27. The Morgan fingerprint density at radius 3 is 2.57 bits per heavy atom. The van der Waals surface area contributed by atoms with Crippen molar-refractivity contribution in [1.82, 2.24) is 9.80 Å². The number of carboxylic acid groups (broad SMARTS) is 1. The number of carbonyl (C=O) groups is 1. The molecule has 2 aliphatic rings. The first-order valence-corrected chi connectivity index (χ1v) is 10.6. The molecule has 28 heavy (non-hydrogen) atoms. The second kappa shape index (κ2) is 9.33. The van der Waals surface area contributed by atoms with E-state index in [0.29, 0.717) is 19.2 Å². The number of piperidine rings is 1. The monoisotopic (exact) mass is 409 g/mol. The molecule has 1 atom stereocenters. The van der Waals surface area contributed by atoms with Gasteiger partial charge in [-0.2, -0.15) is 0 Å². The SMILES string of the molecule is CC(C)OC1CCN(c2cc(CN3CCN(C(=O)O)C[C@@H]3C)ccc2Cl)CC1. The molecule has 0 bridgehead atoms. The van der Waals surface area contributed by atoms with E-state index in [2.05, 4.69) is 42.7 Å². The number of amides is 1. The lowest BCUT2D eigenvalue weighted by molar-refractivity contribution is -0.00478. The topological polar surface area (TPSA) is 56.2 Å². The van der Waals surface area contributed by atoms with Gasteiger partial charge in [0.1, 0.15) is 0 Å². The van der Waals surface area contributed by atoms with Crippen LogP contribution in [0, 0.1) is 0 Å². The smallest absolute Gasteiger partial charge is 0.407 e. The highest BCUT2D eigenvalue weighted by molar-refractivity contribution is 6.33. The van der Waals surface area contributed by atoms with Crippen molar-refractivity contribution in [3.63, 3.8) is 0 Å². The second-order valence-corrected chi connectivity index (χ2v) is 8.61. The van der Waals surface area contributed by atoms with Crippen LogP contribution >= 0.6 is 11.6 Å². The highest BCUT2D eigenvalue weighted by Crippen LogP contribution is 2.31. The van der Waals surface area contributed by atoms with Crippen LogP contribution in [0.4, 0.5) is 10.5 Å². The molecular formula is C21H32ClN3O3. The molecule has 2 aliphatic heterocycles. The molecule has 0 aliphatic carbocycles. The fourth-order valence-corrected chi connectivity index (χ4v) is 4.39. The van der Waals surface area contributed by atoms with Gasteiger partial charge in [0.15, 0.2) is 0 Å². The van der Waals surface area contributed by atoms with Gasteiger partial charge >= 0.3 is 6.09 Å². The Labute approximate surface area is 173 Å². The van der Waals surface area contributed by atoms with Gasteiger partial charge in [0.25, 0.3) is 0 Å². The van der Waals surface area contributed by atoms with Crippen molar-refractivity contribution in [3.8, 4) is 0 Å². The standard InChI is InChI=1S/C21H32ClN3O3/c1-15(2)28-18-6-8-23(9-7-18)20-12-17(4-5-19(20)22)14-24-10-11-25(21(26)27)13-16(24)3/h4-5,12,15-16,18H,6-11,13-14H2,1-3H3,(H,26,27)/t16-/m0/s1. The third-order valence-electron chi connectivity index (χ3n) is 5.68. The maximum absolute atomic E-state index is 11.2. The number of benzene rings is 1. The van der Waals surface area contributed by atoms with Crippen molar-refractivity contribution in [2.45, 2.75) is 58.4 Å². The summed E-state index contributed by atoms with van der Waals surface area (Å²) in [6.07, 6.45) is 1.82. The molecule has 2 fully saturated rings. The van der Waals surface area contributed by atoms with Crippen LogP contribution < -0.4 is 4.90 Å². The molecule has 0 unspecified atom stereocenters. The Hall–Kier alpha value is -1.50. The first-order valence-electron chi connectivity index (χ1n) is 10.2. The van der Waals surface area contributed by atoms with Crippen LogP contribution in [0.1, 0.15) is 39.2 Å². The molecule has 1 aromatic rings. The number of nitrogens with zero attached hydrogens (tertiary/aromatic N) is 3. The second-order valence-electron chi connectivity index (χ2n) is 8.21. The Morgan fingerprint density at radius 2 is 1.96 bits per heavy atom. The number of halogens is 1. The third kappa shape index (κ3) is 5.31. The van der Waals surface area contributed by atoms with Gasteiger partial charge in [-0.15, -0.1) is 0 Å². The lowest BCUT2D eigenvalue weighted by Crippen LogP contribution is -2.52. The van der Waals surface area contributed by atoms with Gasteiger partial charge in [0.2, 0.25) is 0 Å². The molecule has 0 aromatic heterocycles. The molecule has 7 heteroatoms. The van der Waals surface area contributed by atoms with Crippen LogP contribution in [0.2, 0.25) is 5.02 Å². The maximum atomic E-state index is 11.2. The largest absolute Gasteiger partial charge is 0.465 e. The van der Waals surface area contributed by atoms with Gasteiger partial charge in [0, 0.05) is 45.3 Å². The van der Waals surface area contributed by atoms with Gasteiger partial charge in [-0.1, -0.05) is 17.7 Å². The molecule has 6 nitrogen and oxygen atoms in total. The minimum absolute atomic E-state index is 0.202. The van der Waals surface area contributed by atoms with Crippen molar-refractivity contribution in [2.24, 2.45) is 0 Å². The lowest BCUT2D eigenvalue weighted by Gasteiger charge is -2.39. The number of piperazine rings is 1. The first-order chi connectivity index (χ1) is 13.3. The first kappa shape index (κ1) is 21.2. The fourth-order valence-electron chi connectivity index (χ4n) is 4.16. The lowest BCUT2D eigenvalue weighted by atomic mass is 10.1. The van der Waals surface area contributed by atoms with Crippen molar-refractivity contribution >= 4 is 23.4 Å².